The second kappa shape index (κ2) is 7.00. The number of hydrogen-bond donors (Lipinski definition) is 2. The number of carbonyl (C=O) groups excluding carboxylic acids is 2. The maximum Gasteiger partial charge on any atom is 0.412 e. The molecule has 5 saturated heterocycles. The van der Waals surface area contributed by atoms with Gasteiger partial charge in [-0.25, -0.2) is 4.79 Å². The van der Waals surface area contributed by atoms with E-state index in [1.165, 1.54) is 4.90 Å². The van der Waals surface area contributed by atoms with E-state index in [9.17, 15) is 19.8 Å². The van der Waals surface area contributed by atoms with E-state index in [1.807, 2.05) is 4.90 Å². The van der Waals surface area contributed by atoms with E-state index in [0.29, 0.717) is 19.4 Å². The molecule has 6 fully saturated rings. The number of amides is 2. The molecular weight excluding hydrogens is 336 g/mol. The van der Waals surface area contributed by atoms with Crippen LogP contribution in [0.2, 0.25) is 0 Å². The van der Waals surface area contributed by atoms with Gasteiger partial charge in [0.15, 0.2) is 0 Å². The highest BCUT2D eigenvalue weighted by Crippen LogP contribution is 2.45. The van der Waals surface area contributed by atoms with Crippen molar-refractivity contribution in [2.45, 2.75) is 89.8 Å². The number of ether oxygens (including phenoxy) is 1. The molecule has 0 aromatic carbocycles. The van der Waals surface area contributed by atoms with Crippen LogP contribution in [0.1, 0.15) is 59.8 Å². The van der Waals surface area contributed by atoms with Crippen LogP contribution in [0.4, 0.5) is 4.79 Å². The van der Waals surface area contributed by atoms with E-state index < -0.39 is 36.0 Å². The van der Waals surface area contributed by atoms with Crippen molar-refractivity contribution in [1.29, 1.82) is 0 Å². The highest BCUT2D eigenvalue weighted by molar-refractivity contribution is 5.82. The molecule has 2 amide bonds. The topological polar surface area (TPSA) is 90.3 Å². The number of unbranched alkanes of at least 4 members (excludes halogenated alkanes) is 1. The standard InChI is InChI=1S/C19H32N2O5/c1-5-6-9-20-12-8-7-11(16(20)23)13-10-14(22)15(12)17(24)21(13)18(25)26-19(2,3)4/h11-15,17,22,24H,5-10H2,1-4H3/t11-,12+,13-,14+,15-,17?/m0/s1. The fourth-order valence-corrected chi connectivity index (χ4v) is 4.84. The van der Waals surface area contributed by atoms with Crippen LogP contribution in [0, 0.1) is 11.8 Å². The first-order valence-electron chi connectivity index (χ1n) is 9.83. The SMILES string of the molecule is CCCCN1C(=O)[C@H]2CC[C@@H]1[C@@H]1C(O)N(C(=O)OC(C)(C)C)[C@H]2C[C@H]1O. The average molecular weight is 368 g/mol. The summed E-state index contributed by atoms with van der Waals surface area (Å²) in [6, 6.07) is -0.759. The predicted octanol–water partition coefficient (Wildman–Crippen LogP) is 1.71. The molecule has 6 aliphatic rings. The highest BCUT2D eigenvalue weighted by Gasteiger charge is 2.58. The predicted molar refractivity (Wildman–Crippen MR) is 95.1 cm³/mol. The molecule has 0 aromatic heterocycles. The van der Waals surface area contributed by atoms with Gasteiger partial charge in [0.1, 0.15) is 11.8 Å². The summed E-state index contributed by atoms with van der Waals surface area (Å²) >= 11 is 0. The summed E-state index contributed by atoms with van der Waals surface area (Å²) in [4.78, 5) is 29.0. The van der Waals surface area contributed by atoms with Crippen molar-refractivity contribution in [1.82, 2.24) is 9.80 Å². The second-order valence-corrected chi connectivity index (χ2v) is 8.89. The molecule has 0 spiro atoms. The molecule has 1 saturated carbocycles. The fraction of sp³-hybridized carbons (Fsp3) is 0.895. The minimum Gasteiger partial charge on any atom is -0.444 e. The highest BCUT2D eigenvalue weighted by atomic mass is 16.6. The molecular formula is C19H32N2O5. The Morgan fingerprint density at radius 2 is 1.92 bits per heavy atom. The van der Waals surface area contributed by atoms with Gasteiger partial charge in [-0.3, -0.25) is 9.69 Å². The largest absolute Gasteiger partial charge is 0.444 e. The Morgan fingerprint density at radius 3 is 2.54 bits per heavy atom. The minimum absolute atomic E-state index is 0.0528. The Labute approximate surface area is 155 Å². The van der Waals surface area contributed by atoms with Gasteiger partial charge in [-0.05, 0) is 46.5 Å². The first-order chi connectivity index (χ1) is 12.2. The van der Waals surface area contributed by atoms with Crippen molar-refractivity contribution in [3.63, 3.8) is 0 Å². The van der Waals surface area contributed by atoms with Crippen molar-refractivity contribution in [3.05, 3.63) is 0 Å². The van der Waals surface area contributed by atoms with E-state index in [2.05, 4.69) is 6.92 Å². The second-order valence-electron chi connectivity index (χ2n) is 8.89. The third-order valence-electron chi connectivity index (χ3n) is 5.95. The van der Waals surface area contributed by atoms with Crippen LogP contribution in [0.15, 0.2) is 0 Å². The van der Waals surface area contributed by atoms with Crippen LogP contribution in [-0.4, -0.2) is 68.6 Å². The molecule has 0 radical (unpaired) electrons. The van der Waals surface area contributed by atoms with Crippen LogP contribution in [-0.2, 0) is 9.53 Å². The summed E-state index contributed by atoms with van der Waals surface area (Å²) in [5.74, 6) is -0.890. The molecule has 5 heterocycles. The number of rotatable bonds is 3. The van der Waals surface area contributed by atoms with Crippen molar-refractivity contribution >= 4 is 12.0 Å². The van der Waals surface area contributed by atoms with Crippen molar-refractivity contribution in [2.24, 2.45) is 11.8 Å². The van der Waals surface area contributed by atoms with Crippen LogP contribution in [0.5, 0.6) is 0 Å². The summed E-state index contributed by atoms with van der Waals surface area (Å²) in [7, 11) is 0. The molecule has 26 heavy (non-hydrogen) atoms. The van der Waals surface area contributed by atoms with Crippen molar-refractivity contribution in [2.75, 3.05) is 6.54 Å². The molecule has 6 atom stereocenters. The Morgan fingerprint density at radius 1 is 1.23 bits per heavy atom. The molecule has 4 bridgehead atoms. The fourth-order valence-electron chi connectivity index (χ4n) is 4.84. The maximum absolute atomic E-state index is 13.1. The molecule has 0 aromatic rings. The zero-order valence-electron chi connectivity index (χ0n) is 16.2. The Balaban J connectivity index is 1.94. The van der Waals surface area contributed by atoms with Gasteiger partial charge in [-0.1, -0.05) is 13.3 Å². The minimum atomic E-state index is -1.14. The Hall–Kier alpha value is -1.34. The quantitative estimate of drug-likeness (QED) is 0.791. The van der Waals surface area contributed by atoms with Gasteiger partial charge in [0, 0.05) is 12.6 Å². The lowest BCUT2D eigenvalue weighted by Gasteiger charge is -2.58. The van der Waals surface area contributed by atoms with E-state index in [1.54, 1.807) is 20.8 Å². The first-order valence-corrected chi connectivity index (χ1v) is 9.83. The van der Waals surface area contributed by atoms with E-state index in [-0.39, 0.29) is 17.9 Å². The van der Waals surface area contributed by atoms with E-state index >= 15 is 0 Å². The molecule has 148 valence electrons. The molecule has 7 heteroatoms. The van der Waals surface area contributed by atoms with Crippen LogP contribution in [0.3, 0.4) is 0 Å². The Bertz CT molecular complexity index is 561. The smallest absolute Gasteiger partial charge is 0.412 e. The van der Waals surface area contributed by atoms with E-state index in [0.717, 1.165) is 19.3 Å². The van der Waals surface area contributed by atoms with Crippen LogP contribution in [0.25, 0.3) is 0 Å². The zero-order chi connectivity index (χ0) is 19.2. The molecule has 6 rings (SSSR count). The lowest BCUT2D eigenvalue weighted by Crippen LogP contribution is -2.72. The van der Waals surface area contributed by atoms with E-state index in [4.69, 9.17) is 4.74 Å². The summed E-state index contributed by atoms with van der Waals surface area (Å²) in [6.45, 7) is 8.05. The molecule has 1 aliphatic carbocycles. The monoisotopic (exact) mass is 368 g/mol. The lowest BCUT2D eigenvalue weighted by atomic mass is 9.69. The Kier molecular flexibility index (Phi) is 5.23. The average Bonchev–Trinajstić information content (AvgIpc) is 2.50. The zero-order valence-corrected chi connectivity index (χ0v) is 16.2. The molecule has 2 N–H and O–H groups in total. The number of hydrogen-bond acceptors (Lipinski definition) is 5. The third kappa shape index (κ3) is 3.31. The van der Waals surface area contributed by atoms with Crippen LogP contribution >= 0.6 is 0 Å². The normalized spacial score (nSPS) is 36.9. The first kappa shape index (κ1) is 19.4. The van der Waals surface area contributed by atoms with Gasteiger partial charge in [0.05, 0.1) is 24.0 Å². The molecule has 5 aliphatic heterocycles. The maximum atomic E-state index is 13.1. The van der Waals surface area contributed by atoms with Gasteiger partial charge in [-0.15, -0.1) is 0 Å². The summed E-state index contributed by atoms with van der Waals surface area (Å²) in [5, 5.41) is 21.7. The summed E-state index contributed by atoms with van der Waals surface area (Å²) in [5.41, 5.74) is -0.687. The molecule has 7 nitrogen and oxygen atoms in total. The number of piperidine rings is 2. The number of aliphatic hydroxyl groups excluding tert-OH is 2. The number of nitrogens with zero attached hydrogens (tertiary/aromatic N) is 2. The number of aliphatic hydroxyl groups is 2. The van der Waals surface area contributed by atoms with Gasteiger partial charge in [0.25, 0.3) is 0 Å². The van der Waals surface area contributed by atoms with Crippen LogP contribution < -0.4 is 0 Å². The third-order valence-corrected chi connectivity index (χ3v) is 5.95. The van der Waals surface area contributed by atoms with Crippen molar-refractivity contribution < 1.29 is 24.5 Å². The van der Waals surface area contributed by atoms with Gasteiger partial charge >= 0.3 is 6.09 Å². The summed E-state index contributed by atoms with van der Waals surface area (Å²) in [6.07, 6.45) is 1.17. The summed E-state index contributed by atoms with van der Waals surface area (Å²) < 4.78 is 5.49. The van der Waals surface area contributed by atoms with Crippen molar-refractivity contribution in [3.8, 4) is 0 Å². The number of carbonyl (C=O) groups is 2. The van der Waals surface area contributed by atoms with Gasteiger partial charge < -0.3 is 19.8 Å². The lowest BCUT2D eigenvalue weighted by molar-refractivity contribution is -0.200. The molecule has 1 unspecified atom stereocenters. The van der Waals surface area contributed by atoms with Gasteiger partial charge in [0.2, 0.25) is 5.91 Å². The van der Waals surface area contributed by atoms with Gasteiger partial charge in [-0.2, -0.15) is 0 Å².